The molecule has 0 saturated carbocycles. The number of esters is 1. The molecule has 0 aliphatic rings. The third kappa shape index (κ3) is 23.3. The van der Waals surface area contributed by atoms with E-state index in [9.17, 15) is 14.3 Å². The van der Waals surface area contributed by atoms with Gasteiger partial charge in [-0.15, -0.1) is 0 Å². The molecule has 0 fully saturated rings. The molecular weight excluding hydrogens is 457 g/mol. The second-order valence-electron chi connectivity index (χ2n) is 10.1. The second kappa shape index (κ2) is 20.7. The summed E-state index contributed by atoms with van der Waals surface area (Å²) in [5.41, 5.74) is 0. The van der Waals surface area contributed by atoms with Crippen LogP contribution in [0.15, 0.2) is 0 Å². The van der Waals surface area contributed by atoms with E-state index in [1.54, 1.807) is 0 Å². The van der Waals surface area contributed by atoms with Crippen molar-refractivity contribution in [3.63, 3.8) is 0 Å². The minimum absolute atomic E-state index is 0.0212. The van der Waals surface area contributed by atoms with Crippen molar-refractivity contribution >= 4 is 13.8 Å². The molecule has 0 amide bonds. The Hall–Kier alpha value is -0.500. The van der Waals surface area contributed by atoms with Gasteiger partial charge in [-0.2, -0.15) is 0 Å². The van der Waals surface area contributed by atoms with Crippen LogP contribution in [0.5, 0.6) is 0 Å². The summed E-state index contributed by atoms with van der Waals surface area (Å²) in [5.74, 6) is -0.281. The van der Waals surface area contributed by atoms with Crippen molar-refractivity contribution in [2.75, 3.05) is 54.6 Å². The van der Waals surface area contributed by atoms with Crippen LogP contribution in [0.4, 0.5) is 0 Å². The highest BCUT2D eigenvalue weighted by Crippen LogP contribution is 2.43. The van der Waals surface area contributed by atoms with Crippen LogP contribution in [0, 0.1) is 0 Å². The minimum Gasteiger partial charge on any atom is -0.463 e. The van der Waals surface area contributed by atoms with E-state index in [0.29, 0.717) is 17.4 Å². The van der Waals surface area contributed by atoms with Crippen molar-refractivity contribution in [2.45, 2.75) is 103 Å². The van der Waals surface area contributed by atoms with Gasteiger partial charge in [0, 0.05) is 13.5 Å². The van der Waals surface area contributed by atoms with Gasteiger partial charge < -0.3 is 18.9 Å². The van der Waals surface area contributed by atoms with E-state index in [-0.39, 0.29) is 25.8 Å². The number of quaternary nitrogens is 1. The zero-order valence-electron chi connectivity index (χ0n) is 22.6. The van der Waals surface area contributed by atoms with Crippen LogP contribution in [0.3, 0.4) is 0 Å². The van der Waals surface area contributed by atoms with Gasteiger partial charge >= 0.3 is 13.8 Å². The predicted molar refractivity (Wildman–Crippen MR) is 137 cm³/mol. The molecule has 1 N–H and O–H groups in total. The summed E-state index contributed by atoms with van der Waals surface area (Å²) in [6.07, 6.45) is 16.1. The summed E-state index contributed by atoms with van der Waals surface area (Å²) < 4.78 is 32.9. The third-order valence-corrected chi connectivity index (χ3v) is 6.67. The van der Waals surface area contributed by atoms with Crippen LogP contribution in [0.25, 0.3) is 0 Å². The topological polar surface area (TPSA) is 91.3 Å². The first-order valence-corrected chi connectivity index (χ1v) is 14.7. The fourth-order valence-corrected chi connectivity index (χ4v) is 4.12. The number of rotatable bonds is 24. The summed E-state index contributed by atoms with van der Waals surface area (Å²) in [6, 6.07) is 0. The van der Waals surface area contributed by atoms with Crippen molar-refractivity contribution in [1.29, 1.82) is 0 Å². The first kappa shape index (κ1) is 33.5. The Balaban J connectivity index is 3.71. The fraction of sp³-hybridized carbons (Fsp3) is 0.960. The molecule has 204 valence electrons. The minimum atomic E-state index is -4.17. The number of hydrogen-bond donors (Lipinski definition) is 1. The number of carbonyl (C=O) groups excluding carboxylic acids is 1. The Bertz CT molecular complexity index is 540. The number of unbranched alkanes of at least 4 members (excludes halogenated alkanes) is 12. The molecule has 0 aliphatic heterocycles. The average Bonchev–Trinajstić information content (AvgIpc) is 2.76. The molecule has 0 aromatic rings. The maximum Gasteiger partial charge on any atom is 0.472 e. The van der Waals surface area contributed by atoms with E-state index in [2.05, 4.69) is 6.92 Å². The molecule has 9 heteroatoms. The van der Waals surface area contributed by atoms with Gasteiger partial charge in [-0.05, 0) is 6.42 Å². The highest BCUT2D eigenvalue weighted by molar-refractivity contribution is 7.47. The summed E-state index contributed by atoms with van der Waals surface area (Å²) >= 11 is 0. The monoisotopic (exact) mass is 510 g/mol. The highest BCUT2D eigenvalue weighted by atomic mass is 31.2. The molecule has 8 nitrogen and oxygen atoms in total. The van der Waals surface area contributed by atoms with Gasteiger partial charge in [-0.3, -0.25) is 13.8 Å². The van der Waals surface area contributed by atoms with E-state index in [1.165, 1.54) is 71.3 Å². The molecule has 34 heavy (non-hydrogen) atoms. The Morgan fingerprint density at radius 1 is 0.824 bits per heavy atom. The molecular formula is C25H53NO7P+. The zero-order chi connectivity index (χ0) is 25.7. The number of phosphoric acid groups is 1. The number of methoxy groups -OCH3 is 1. The number of hydrogen-bond acceptors (Lipinski definition) is 6. The lowest BCUT2D eigenvalue weighted by atomic mass is 10.0. The van der Waals surface area contributed by atoms with Crippen LogP contribution in [-0.2, 0) is 27.9 Å². The number of carbonyl (C=O) groups is 1. The van der Waals surface area contributed by atoms with E-state index in [1.807, 2.05) is 21.1 Å². The summed E-state index contributed by atoms with van der Waals surface area (Å²) in [7, 11) is 3.15. The molecule has 0 aromatic carbocycles. The Morgan fingerprint density at radius 3 is 1.79 bits per heavy atom. The highest BCUT2D eigenvalue weighted by Gasteiger charge is 2.25. The molecule has 0 saturated heterocycles. The van der Waals surface area contributed by atoms with Gasteiger partial charge in [0.1, 0.15) is 25.9 Å². The molecule has 2 atom stereocenters. The third-order valence-electron chi connectivity index (χ3n) is 5.69. The quantitative estimate of drug-likeness (QED) is 0.0752. The van der Waals surface area contributed by atoms with E-state index >= 15 is 0 Å². The molecule has 0 spiro atoms. The van der Waals surface area contributed by atoms with Crippen molar-refractivity contribution in [3.05, 3.63) is 0 Å². The van der Waals surface area contributed by atoms with Crippen LogP contribution in [0.2, 0.25) is 0 Å². The average molecular weight is 511 g/mol. The number of phosphoric ester groups is 1. The van der Waals surface area contributed by atoms with Crippen LogP contribution in [-0.4, -0.2) is 76.1 Å². The molecule has 0 radical (unpaired) electrons. The van der Waals surface area contributed by atoms with Crippen LogP contribution >= 0.6 is 7.82 Å². The predicted octanol–water partition coefficient (Wildman–Crippen LogP) is 5.87. The lowest BCUT2D eigenvalue weighted by Gasteiger charge is -2.24. The standard InChI is InChI=1S/C25H52NO7P/c1-6-7-8-9-10-11-12-13-14-15-16-17-18-19-25(27)31-22-24(30-5)23-33-34(28,29)32-21-20-26(2,3)4/h24H,6-23H2,1-5H3/p+1. The maximum absolute atomic E-state index is 12.0. The number of nitrogens with zero attached hydrogens (tertiary/aromatic N) is 1. The van der Waals surface area contributed by atoms with Crippen molar-refractivity contribution in [1.82, 2.24) is 0 Å². The SMILES string of the molecule is CCCCCCCCCCCCCCCC(=O)OCC(COP(=O)(O)OCC[N+](C)(C)C)OC. The van der Waals surface area contributed by atoms with Crippen molar-refractivity contribution < 1.29 is 37.3 Å². The largest absolute Gasteiger partial charge is 0.472 e. The smallest absolute Gasteiger partial charge is 0.463 e. The summed E-state index contributed by atoms with van der Waals surface area (Å²) in [4.78, 5) is 21.7. The lowest BCUT2D eigenvalue weighted by molar-refractivity contribution is -0.870. The van der Waals surface area contributed by atoms with Gasteiger partial charge in [0.05, 0.1) is 27.7 Å². The first-order chi connectivity index (χ1) is 16.1. The van der Waals surface area contributed by atoms with E-state index in [4.69, 9.17) is 18.5 Å². The summed E-state index contributed by atoms with van der Waals surface area (Å²) in [5, 5.41) is 0. The van der Waals surface area contributed by atoms with Gasteiger partial charge in [0.25, 0.3) is 0 Å². The molecule has 2 unspecified atom stereocenters. The lowest BCUT2D eigenvalue weighted by Crippen LogP contribution is -2.37. The summed E-state index contributed by atoms with van der Waals surface area (Å²) in [6.45, 7) is 2.70. The maximum atomic E-state index is 12.0. The van der Waals surface area contributed by atoms with Gasteiger partial charge in [0.2, 0.25) is 0 Å². The Morgan fingerprint density at radius 2 is 1.32 bits per heavy atom. The molecule has 0 rings (SSSR count). The van der Waals surface area contributed by atoms with Gasteiger partial charge in [-0.25, -0.2) is 4.57 Å². The zero-order valence-corrected chi connectivity index (χ0v) is 23.5. The van der Waals surface area contributed by atoms with Gasteiger partial charge in [0.15, 0.2) is 0 Å². The fourth-order valence-electron chi connectivity index (χ4n) is 3.37. The Labute approximate surface area is 208 Å². The van der Waals surface area contributed by atoms with Gasteiger partial charge in [-0.1, -0.05) is 84.0 Å². The van der Waals surface area contributed by atoms with Crippen LogP contribution in [0.1, 0.15) is 96.8 Å². The van der Waals surface area contributed by atoms with E-state index in [0.717, 1.165) is 19.3 Å². The Kier molecular flexibility index (Phi) is 20.4. The number of likely N-dealkylation sites (N-methyl/N-ethyl adjacent to an activating group) is 1. The molecule has 0 heterocycles. The first-order valence-electron chi connectivity index (χ1n) is 13.2. The molecule has 0 bridgehead atoms. The molecule has 0 aliphatic carbocycles. The van der Waals surface area contributed by atoms with E-state index < -0.39 is 13.9 Å². The molecule has 0 aromatic heterocycles. The van der Waals surface area contributed by atoms with Crippen molar-refractivity contribution in [3.8, 4) is 0 Å². The second-order valence-corrected chi connectivity index (χ2v) is 11.6. The van der Waals surface area contributed by atoms with Crippen LogP contribution < -0.4 is 0 Å². The van der Waals surface area contributed by atoms with Crippen molar-refractivity contribution in [2.24, 2.45) is 0 Å². The number of ether oxygens (including phenoxy) is 2. The normalized spacial score (nSPS) is 14.6.